The molecule has 4 rings (SSSR count). The number of benzene rings is 3. The third-order valence-electron chi connectivity index (χ3n) is 5.41. The Morgan fingerprint density at radius 2 is 1.68 bits per heavy atom. The van der Waals surface area contributed by atoms with Gasteiger partial charge in [0.25, 0.3) is 5.91 Å². The van der Waals surface area contributed by atoms with E-state index in [2.05, 4.69) is 22.4 Å². The molecule has 0 bridgehead atoms. The number of para-hydroxylation sites is 1. The maximum absolute atomic E-state index is 12.8. The first-order chi connectivity index (χ1) is 15.2. The van der Waals surface area contributed by atoms with E-state index in [1.807, 2.05) is 61.7 Å². The van der Waals surface area contributed by atoms with E-state index in [-0.39, 0.29) is 11.8 Å². The van der Waals surface area contributed by atoms with Crippen LogP contribution in [0.25, 0.3) is 10.9 Å². The van der Waals surface area contributed by atoms with E-state index in [0.717, 1.165) is 33.5 Å². The van der Waals surface area contributed by atoms with Crippen LogP contribution in [-0.4, -0.2) is 31.2 Å². The SMILES string of the molecule is CCOc1ccc(C(=O)NC[C@H](c2ccc(OC)cc2)c2c[nH]c3ccccc23)cc1. The van der Waals surface area contributed by atoms with Crippen molar-refractivity contribution in [1.29, 1.82) is 0 Å². The lowest BCUT2D eigenvalue weighted by Gasteiger charge is -2.19. The summed E-state index contributed by atoms with van der Waals surface area (Å²) in [6.45, 7) is 3.00. The van der Waals surface area contributed by atoms with Crippen LogP contribution in [0.4, 0.5) is 0 Å². The van der Waals surface area contributed by atoms with E-state index in [9.17, 15) is 4.79 Å². The highest BCUT2D eigenvalue weighted by Gasteiger charge is 2.19. The summed E-state index contributed by atoms with van der Waals surface area (Å²) in [6.07, 6.45) is 2.03. The second-order valence-electron chi connectivity index (χ2n) is 7.28. The molecule has 4 aromatic rings. The molecule has 0 spiro atoms. The van der Waals surface area contributed by atoms with E-state index >= 15 is 0 Å². The molecule has 0 aliphatic rings. The van der Waals surface area contributed by atoms with E-state index in [1.165, 1.54) is 0 Å². The molecule has 1 atom stereocenters. The van der Waals surface area contributed by atoms with Crippen LogP contribution < -0.4 is 14.8 Å². The number of carbonyl (C=O) groups excluding carboxylic acids is 1. The molecule has 1 aromatic heterocycles. The van der Waals surface area contributed by atoms with Crippen molar-refractivity contribution < 1.29 is 14.3 Å². The fraction of sp³-hybridized carbons (Fsp3) is 0.192. The Kier molecular flexibility index (Phi) is 6.22. The first-order valence-electron chi connectivity index (χ1n) is 10.4. The summed E-state index contributed by atoms with van der Waals surface area (Å²) in [5, 5.41) is 4.26. The number of rotatable bonds is 8. The van der Waals surface area contributed by atoms with Crippen molar-refractivity contribution in [2.75, 3.05) is 20.3 Å². The van der Waals surface area contributed by atoms with Crippen LogP contribution in [0, 0.1) is 0 Å². The molecule has 0 radical (unpaired) electrons. The molecule has 0 fully saturated rings. The molecule has 158 valence electrons. The molecule has 0 saturated carbocycles. The Balaban J connectivity index is 1.59. The van der Waals surface area contributed by atoms with Gasteiger partial charge in [0.2, 0.25) is 0 Å². The number of ether oxygens (including phenoxy) is 2. The summed E-state index contributed by atoms with van der Waals surface area (Å²) >= 11 is 0. The molecule has 3 aromatic carbocycles. The number of hydrogen-bond acceptors (Lipinski definition) is 3. The molecule has 1 heterocycles. The monoisotopic (exact) mass is 414 g/mol. The number of hydrogen-bond donors (Lipinski definition) is 2. The van der Waals surface area contributed by atoms with E-state index in [0.29, 0.717) is 18.7 Å². The van der Waals surface area contributed by atoms with Crippen LogP contribution in [0.15, 0.2) is 79.0 Å². The number of amides is 1. The van der Waals surface area contributed by atoms with Gasteiger partial charge in [0.15, 0.2) is 0 Å². The number of aromatic nitrogens is 1. The minimum atomic E-state index is -0.110. The molecule has 1 amide bonds. The number of fused-ring (bicyclic) bond motifs is 1. The average Bonchev–Trinajstić information content (AvgIpc) is 3.24. The van der Waals surface area contributed by atoms with Crippen LogP contribution in [0.3, 0.4) is 0 Å². The standard InChI is InChI=1S/C26H26N2O3/c1-3-31-21-14-10-19(11-15-21)26(29)28-16-23(18-8-12-20(30-2)13-9-18)24-17-27-25-7-5-4-6-22(24)25/h4-15,17,23,27H,3,16H2,1-2H3,(H,28,29)/t23-/m1/s1. The fourth-order valence-corrected chi connectivity index (χ4v) is 3.79. The molecule has 5 nitrogen and oxygen atoms in total. The Labute approximate surface area is 182 Å². The lowest BCUT2D eigenvalue weighted by molar-refractivity contribution is 0.0952. The van der Waals surface area contributed by atoms with Gasteiger partial charge in [0.1, 0.15) is 11.5 Å². The van der Waals surface area contributed by atoms with Gasteiger partial charge in [-0.2, -0.15) is 0 Å². The second kappa shape index (κ2) is 9.39. The second-order valence-corrected chi connectivity index (χ2v) is 7.28. The summed E-state index contributed by atoms with van der Waals surface area (Å²) in [6, 6.07) is 23.4. The Morgan fingerprint density at radius 3 is 2.39 bits per heavy atom. The molecule has 5 heteroatoms. The van der Waals surface area contributed by atoms with Crippen LogP contribution in [0.5, 0.6) is 11.5 Å². The summed E-state index contributed by atoms with van der Waals surface area (Å²) in [5.74, 6) is 1.45. The topological polar surface area (TPSA) is 63.4 Å². The first kappa shape index (κ1) is 20.5. The highest BCUT2D eigenvalue weighted by atomic mass is 16.5. The molecular formula is C26H26N2O3. The van der Waals surface area contributed by atoms with Gasteiger partial charge in [-0.3, -0.25) is 4.79 Å². The van der Waals surface area contributed by atoms with E-state index in [1.54, 1.807) is 19.2 Å². The zero-order valence-electron chi connectivity index (χ0n) is 17.7. The Bertz CT molecular complexity index is 1150. The predicted molar refractivity (Wildman–Crippen MR) is 123 cm³/mol. The van der Waals surface area contributed by atoms with Crippen LogP contribution in [0.2, 0.25) is 0 Å². The zero-order chi connectivity index (χ0) is 21.6. The molecule has 2 N–H and O–H groups in total. The molecule has 0 saturated heterocycles. The highest BCUT2D eigenvalue weighted by molar-refractivity contribution is 5.94. The Hall–Kier alpha value is -3.73. The smallest absolute Gasteiger partial charge is 0.251 e. The molecule has 0 aliphatic heterocycles. The highest BCUT2D eigenvalue weighted by Crippen LogP contribution is 2.31. The predicted octanol–water partition coefficient (Wildman–Crippen LogP) is 5.14. The quantitative estimate of drug-likeness (QED) is 0.420. The van der Waals surface area contributed by atoms with Crippen molar-refractivity contribution in [3.63, 3.8) is 0 Å². The van der Waals surface area contributed by atoms with Crippen molar-refractivity contribution in [1.82, 2.24) is 10.3 Å². The van der Waals surface area contributed by atoms with Crippen LogP contribution in [-0.2, 0) is 0 Å². The number of nitrogens with one attached hydrogen (secondary N) is 2. The summed E-state index contributed by atoms with van der Waals surface area (Å²) in [4.78, 5) is 16.2. The van der Waals surface area contributed by atoms with Gasteiger partial charge in [-0.15, -0.1) is 0 Å². The molecule has 0 unspecified atom stereocenters. The maximum atomic E-state index is 12.8. The van der Waals surface area contributed by atoms with Crippen molar-refractivity contribution in [2.24, 2.45) is 0 Å². The average molecular weight is 415 g/mol. The lowest BCUT2D eigenvalue weighted by Crippen LogP contribution is -2.28. The van der Waals surface area contributed by atoms with Gasteiger partial charge in [-0.25, -0.2) is 0 Å². The van der Waals surface area contributed by atoms with Gasteiger partial charge in [-0.1, -0.05) is 30.3 Å². The van der Waals surface area contributed by atoms with Gasteiger partial charge < -0.3 is 19.8 Å². The first-order valence-corrected chi connectivity index (χ1v) is 10.4. The Morgan fingerprint density at radius 1 is 0.968 bits per heavy atom. The van der Waals surface area contributed by atoms with Crippen LogP contribution >= 0.6 is 0 Å². The number of carbonyl (C=O) groups is 1. The van der Waals surface area contributed by atoms with Crippen molar-refractivity contribution in [3.05, 3.63) is 95.7 Å². The minimum Gasteiger partial charge on any atom is -0.497 e. The van der Waals surface area contributed by atoms with Crippen LogP contribution in [0.1, 0.15) is 34.3 Å². The number of aromatic amines is 1. The number of methoxy groups -OCH3 is 1. The zero-order valence-corrected chi connectivity index (χ0v) is 17.7. The van der Waals surface area contributed by atoms with Crippen molar-refractivity contribution in [2.45, 2.75) is 12.8 Å². The molecule has 0 aliphatic carbocycles. The summed E-state index contributed by atoms with van der Waals surface area (Å²) in [7, 11) is 1.66. The lowest BCUT2D eigenvalue weighted by atomic mass is 9.90. The normalized spacial score (nSPS) is 11.8. The largest absolute Gasteiger partial charge is 0.497 e. The van der Waals surface area contributed by atoms with Gasteiger partial charge in [0, 0.05) is 35.1 Å². The van der Waals surface area contributed by atoms with Crippen molar-refractivity contribution >= 4 is 16.8 Å². The third kappa shape index (κ3) is 4.56. The van der Waals surface area contributed by atoms with Crippen molar-refractivity contribution in [3.8, 4) is 11.5 Å². The summed E-state index contributed by atoms with van der Waals surface area (Å²) in [5.41, 5.74) is 3.94. The van der Waals surface area contributed by atoms with Gasteiger partial charge in [0.05, 0.1) is 13.7 Å². The fourth-order valence-electron chi connectivity index (χ4n) is 3.79. The molecular weight excluding hydrogens is 388 g/mol. The third-order valence-corrected chi connectivity index (χ3v) is 5.41. The van der Waals surface area contributed by atoms with E-state index in [4.69, 9.17) is 9.47 Å². The van der Waals surface area contributed by atoms with Gasteiger partial charge >= 0.3 is 0 Å². The van der Waals surface area contributed by atoms with Gasteiger partial charge in [-0.05, 0) is 60.5 Å². The molecule has 31 heavy (non-hydrogen) atoms. The van der Waals surface area contributed by atoms with E-state index < -0.39 is 0 Å². The summed E-state index contributed by atoms with van der Waals surface area (Å²) < 4.78 is 10.8. The minimum absolute atomic E-state index is 0.00583. The number of H-pyrrole nitrogens is 1. The maximum Gasteiger partial charge on any atom is 0.251 e.